The summed E-state index contributed by atoms with van der Waals surface area (Å²) in [6.45, 7) is 4.38. The molecule has 0 amide bonds. The fourth-order valence-corrected chi connectivity index (χ4v) is 2.84. The van der Waals surface area contributed by atoms with E-state index in [2.05, 4.69) is 15.0 Å². The molecule has 21 heavy (non-hydrogen) atoms. The molecular weight excluding hydrogens is 266 g/mol. The van der Waals surface area contributed by atoms with Crippen molar-refractivity contribution in [1.29, 1.82) is 0 Å². The molecular formula is C16H19N3O2. The van der Waals surface area contributed by atoms with Crippen LogP contribution in [0.3, 0.4) is 0 Å². The summed E-state index contributed by atoms with van der Waals surface area (Å²) < 4.78 is 5.26. The maximum atomic E-state index is 12.5. The Morgan fingerprint density at radius 2 is 2.38 bits per heavy atom. The minimum Gasteiger partial charge on any atom is -0.360 e. The van der Waals surface area contributed by atoms with E-state index < -0.39 is 0 Å². The Bertz CT molecular complexity index is 609. The third-order valence-corrected chi connectivity index (χ3v) is 3.85. The van der Waals surface area contributed by atoms with Crippen molar-refractivity contribution in [2.75, 3.05) is 13.1 Å². The van der Waals surface area contributed by atoms with Crippen molar-refractivity contribution in [3.63, 3.8) is 0 Å². The number of nitrogens with zero attached hydrogens (tertiary/aromatic N) is 3. The normalized spacial score (nSPS) is 19.6. The second-order valence-corrected chi connectivity index (χ2v) is 5.59. The summed E-state index contributed by atoms with van der Waals surface area (Å²) in [5.74, 6) is 1.03. The van der Waals surface area contributed by atoms with E-state index in [1.807, 2.05) is 25.1 Å². The topological polar surface area (TPSA) is 59.2 Å². The molecule has 1 saturated heterocycles. The summed E-state index contributed by atoms with van der Waals surface area (Å²) in [5, 5.41) is 3.91. The maximum absolute atomic E-state index is 12.5. The highest BCUT2D eigenvalue weighted by atomic mass is 16.5. The SMILES string of the molecule is Cc1cc(CN2CCC[C@@H](C(=O)c3ccccn3)C2)on1. The maximum Gasteiger partial charge on any atom is 0.185 e. The Hall–Kier alpha value is -2.01. The van der Waals surface area contributed by atoms with Crippen molar-refractivity contribution in [2.45, 2.75) is 26.3 Å². The first kappa shape index (κ1) is 13.9. The lowest BCUT2D eigenvalue weighted by Crippen LogP contribution is -2.38. The van der Waals surface area contributed by atoms with Gasteiger partial charge in [-0.1, -0.05) is 11.2 Å². The lowest BCUT2D eigenvalue weighted by atomic mass is 9.92. The number of hydrogen-bond acceptors (Lipinski definition) is 5. The van der Waals surface area contributed by atoms with Crippen molar-refractivity contribution in [2.24, 2.45) is 5.92 Å². The van der Waals surface area contributed by atoms with Gasteiger partial charge in [-0.05, 0) is 38.4 Å². The Balaban J connectivity index is 1.64. The minimum absolute atomic E-state index is 0.0256. The number of likely N-dealkylation sites (tertiary alicyclic amines) is 1. The molecule has 1 atom stereocenters. The van der Waals surface area contributed by atoms with E-state index in [9.17, 15) is 4.79 Å². The Labute approximate surface area is 124 Å². The highest BCUT2D eigenvalue weighted by molar-refractivity contribution is 5.96. The van der Waals surface area contributed by atoms with E-state index in [1.54, 1.807) is 12.3 Å². The van der Waals surface area contributed by atoms with E-state index in [0.717, 1.165) is 37.4 Å². The summed E-state index contributed by atoms with van der Waals surface area (Å²) in [5.41, 5.74) is 1.46. The molecule has 0 aliphatic carbocycles. The van der Waals surface area contributed by atoms with Crippen LogP contribution in [0.1, 0.15) is 34.8 Å². The molecule has 1 aliphatic heterocycles. The largest absolute Gasteiger partial charge is 0.360 e. The molecule has 0 bridgehead atoms. The molecule has 1 fully saturated rings. The van der Waals surface area contributed by atoms with E-state index in [4.69, 9.17) is 4.52 Å². The molecule has 3 heterocycles. The van der Waals surface area contributed by atoms with Gasteiger partial charge in [-0.2, -0.15) is 0 Å². The van der Waals surface area contributed by atoms with E-state index in [1.165, 1.54) is 0 Å². The third kappa shape index (κ3) is 3.36. The zero-order valence-corrected chi connectivity index (χ0v) is 12.2. The molecule has 0 radical (unpaired) electrons. The van der Waals surface area contributed by atoms with Crippen LogP contribution in [0.4, 0.5) is 0 Å². The van der Waals surface area contributed by atoms with Crippen LogP contribution in [0, 0.1) is 12.8 Å². The number of pyridine rings is 1. The summed E-state index contributed by atoms with van der Waals surface area (Å²) >= 11 is 0. The highest BCUT2D eigenvalue weighted by Crippen LogP contribution is 2.21. The number of Topliss-reactive ketones (excluding diaryl/α,β-unsaturated/α-hetero) is 1. The lowest BCUT2D eigenvalue weighted by Gasteiger charge is -2.30. The number of carbonyl (C=O) groups excluding carboxylic acids is 1. The van der Waals surface area contributed by atoms with Crippen LogP contribution < -0.4 is 0 Å². The fourth-order valence-electron chi connectivity index (χ4n) is 2.84. The van der Waals surface area contributed by atoms with Gasteiger partial charge in [0.05, 0.1) is 12.2 Å². The van der Waals surface area contributed by atoms with E-state index >= 15 is 0 Å². The van der Waals surface area contributed by atoms with Gasteiger partial charge in [-0.3, -0.25) is 14.7 Å². The van der Waals surface area contributed by atoms with Crippen LogP contribution in [0.2, 0.25) is 0 Å². The molecule has 110 valence electrons. The van der Waals surface area contributed by atoms with Gasteiger partial charge < -0.3 is 4.52 Å². The molecule has 5 heteroatoms. The summed E-state index contributed by atoms with van der Waals surface area (Å²) in [7, 11) is 0. The van der Waals surface area contributed by atoms with Crippen LogP contribution in [0.15, 0.2) is 35.0 Å². The molecule has 0 aromatic carbocycles. The number of hydrogen-bond donors (Lipinski definition) is 0. The predicted octanol–water partition coefficient (Wildman–Crippen LogP) is 2.47. The molecule has 3 rings (SSSR count). The second-order valence-electron chi connectivity index (χ2n) is 5.59. The van der Waals surface area contributed by atoms with Crippen molar-refractivity contribution < 1.29 is 9.32 Å². The Morgan fingerprint density at radius 1 is 1.48 bits per heavy atom. The predicted molar refractivity (Wildman–Crippen MR) is 77.8 cm³/mol. The molecule has 0 spiro atoms. The zero-order valence-electron chi connectivity index (χ0n) is 12.2. The lowest BCUT2D eigenvalue weighted by molar-refractivity contribution is 0.0794. The monoisotopic (exact) mass is 285 g/mol. The molecule has 0 unspecified atom stereocenters. The number of carbonyl (C=O) groups is 1. The van der Waals surface area contributed by atoms with Crippen LogP contribution in [-0.2, 0) is 6.54 Å². The zero-order chi connectivity index (χ0) is 14.7. The fraction of sp³-hybridized carbons (Fsp3) is 0.438. The van der Waals surface area contributed by atoms with Gasteiger partial charge in [0.25, 0.3) is 0 Å². The molecule has 0 N–H and O–H groups in total. The number of aromatic nitrogens is 2. The van der Waals surface area contributed by atoms with Gasteiger partial charge in [0, 0.05) is 24.7 Å². The molecule has 2 aromatic heterocycles. The smallest absolute Gasteiger partial charge is 0.185 e. The van der Waals surface area contributed by atoms with Crippen LogP contribution >= 0.6 is 0 Å². The van der Waals surface area contributed by atoms with Crippen LogP contribution in [0.25, 0.3) is 0 Å². The number of aryl methyl sites for hydroxylation is 1. The first-order valence-electron chi connectivity index (χ1n) is 7.32. The second kappa shape index (κ2) is 6.18. The third-order valence-electron chi connectivity index (χ3n) is 3.85. The average Bonchev–Trinajstić information content (AvgIpc) is 2.93. The Kier molecular flexibility index (Phi) is 4.10. The summed E-state index contributed by atoms with van der Waals surface area (Å²) in [4.78, 5) is 18.9. The van der Waals surface area contributed by atoms with Crippen LogP contribution in [0.5, 0.6) is 0 Å². The standard InChI is InChI=1S/C16H19N3O2/c1-12-9-14(21-18-12)11-19-8-4-5-13(10-19)16(20)15-6-2-3-7-17-15/h2-3,6-7,9,13H,4-5,8,10-11H2,1H3/t13-/m1/s1. The van der Waals surface area contributed by atoms with Gasteiger partial charge >= 0.3 is 0 Å². The number of piperidine rings is 1. The summed E-state index contributed by atoms with van der Waals surface area (Å²) in [6, 6.07) is 7.43. The van der Waals surface area contributed by atoms with Crippen molar-refractivity contribution in [1.82, 2.24) is 15.0 Å². The van der Waals surface area contributed by atoms with Crippen molar-refractivity contribution in [3.05, 3.63) is 47.6 Å². The molecule has 2 aromatic rings. The van der Waals surface area contributed by atoms with Crippen LogP contribution in [-0.4, -0.2) is 33.9 Å². The quantitative estimate of drug-likeness (QED) is 0.808. The van der Waals surface area contributed by atoms with E-state index in [-0.39, 0.29) is 11.7 Å². The van der Waals surface area contributed by atoms with Crippen molar-refractivity contribution in [3.8, 4) is 0 Å². The minimum atomic E-state index is 0.0256. The average molecular weight is 285 g/mol. The molecule has 5 nitrogen and oxygen atoms in total. The first-order chi connectivity index (χ1) is 10.2. The highest BCUT2D eigenvalue weighted by Gasteiger charge is 2.27. The van der Waals surface area contributed by atoms with Gasteiger partial charge in [-0.25, -0.2) is 0 Å². The van der Waals surface area contributed by atoms with Gasteiger partial charge in [-0.15, -0.1) is 0 Å². The number of rotatable bonds is 4. The van der Waals surface area contributed by atoms with Gasteiger partial charge in [0.2, 0.25) is 0 Å². The van der Waals surface area contributed by atoms with Gasteiger partial charge in [0.1, 0.15) is 5.69 Å². The molecule has 1 aliphatic rings. The summed E-state index contributed by atoms with van der Waals surface area (Å²) in [6.07, 6.45) is 3.63. The van der Waals surface area contributed by atoms with Crippen molar-refractivity contribution >= 4 is 5.78 Å². The molecule has 0 saturated carbocycles. The van der Waals surface area contributed by atoms with Gasteiger partial charge in [0.15, 0.2) is 11.5 Å². The van der Waals surface area contributed by atoms with E-state index in [0.29, 0.717) is 12.2 Å². The Morgan fingerprint density at radius 3 is 3.10 bits per heavy atom. The number of ketones is 1. The first-order valence-corrected chi connectivity index (χ1v) is 7.32.